The highest BCUT2D eigenvalue weighted by Crippen LogP contribution is 2.31. The summed E-state index contributed by atoms with van der Waals surface area (Å²) in [7, 11) is 0. The van der Waals surface area contributed by atoms with Gasteiger partial charge in [0.25, 0.3) is 0 Å². The van der Waals surface area contributed by atoms with Crippen molar-refractivity contribution in [3.05, 3.63) is 60.7 Å². The molecule has 0 spiro atoms. The molecule has 0 aliphatic rings. The van der Waals surface area contributed by atoms with E-state index in [0.29, 0.717) is 21.1 Å². The molecule has 108 valence electrons. The number of benzene rings is 1. The molecule has 0 radical (unpaired) electrons. The number of hydrogen-bond donors (Lipinski definition) is 0. The van der Waals surface area contributed by atoms with Crippen molar-refractivity contribution in [2.75, 3.05) is 0 Å². The molecule has 0 N–H and O–H groups in total. The Morgan fingerprint density at radius 2 is 1.86 bits per heavy atom. The van der Waals surface area contributed by atoms with Crippen LogP contribution in [0.3, 0.4) is 0 Å². The van der Waals surface area contributed by atoms with Crippen molar-refractivity contribution in [3.63, 3.8) is 0 Å². The summed E-state index contributed by atoms with van der Waals surface area (Å²) in [5.74, 6) is -1.84. The Morgan fingerprint density at radius 1 is 1.00 bits per heavy atom. The number of nitrogens with zero attached hydrogens (tertiary/aromatic N) is 4. The molecule has 3 heterocycles. The lowest BCUT2D eigenvalue weighted by molar-refractivity contribution is 0.510. The number of rotatable bonds is 2. The second-order valence-electron chi connectivity index (χ2n) is 4.60. The average molecular weight is 314 g/mol. The number of imidazole rings is 1. The molecule has 0 saturated heterocycles. The average Bonchev–Trinajstić information content (AvgIpc) is 2.93. The van der Waals surface area contributed by atoms with Crippen LogP contribution < -0.4 is 0 Å². The summed E-state index contributed by atoms with van der Waals surface area (Å²) in [5, 5.41) is 1.68. The number of hydrogen-bond acceptors (Lipinski definition) is 4. The van der Waals surface area contributed by atoms with Gasteiger partial charge < -0.3 is 0 Å². The Bertz CT molecular complexity index is 999. The summed E-state index contributed by atoms with van der Waals surface area (Å²) in [5.41, 5.74) is 1.30. The van der Waals surface area contributed by atoms with Crippen molar-refractivity contribution in [3.8, 4) is 0 Å². The van der Waals surface area contributed by atoms with Gasteiger partial charge in [0, 0.05) is 17.6 Å². The maximum atomic E-state index is 13.5. The number of pyridine rings is 1. The van der Waals surface area contributed by atoms with Gasteiger partial charge in [-0.3, -0.25) is 4.40 Å². The zero-order valence-corrected chi connectivity index (χ0v) is 11.9. The highest BCUT2D eigenvalue weighted by molar-refractivity contribution is 7.99. The summed E-state index contributed by atoms with van der Waals surface area (Å²) in [6, 6.07) is 7.93. The van der Waals surface area contributed by atoms with Gasteiger partial charge in [-0.1, -0.05) is 6.07 Å². The van der Waals surface area contributed by atoms with E-state index in [0.717, 1.165) is 17.6 Å². The quantitative estimate of drug-likeness (QED) is 0.529. The molecule has 4 nitrogen and oxygen atoms in total. The van der Waals surface area contributed by atoms with Crippen LogP contribution in [0.5, 0.6) is 0 Å². The third-order valence-corrected chi connectivity index (χ3v) is 4.24. The molecule has 0 aliphatic heterocycles. The Labute approximate surface area is 127 Å². The molecular weight excluding hydrogens is 306 g/mol. The lowest BCUT2D eigenvalue weighted by Gasteiger charge is -2.05. The second kappa shape index (κ2) is 5.03. The normalized spacial score (nSPS) is 11.4. The molecule has 22 heavy (non-hydrogen) atoms. The van der Waals surface area contributed by atoms with Crippen molar-refractivity contribution in [1.82, 2.24) is 19.4 Å². The largest absolute Gasteiger partial charge is 0.295 e. The lowest BCUT2D eigenvalue weighted by atomic mass is 10.2. The van der Waals surface area contributed by atoms with E-state index in [2.05, 4.69) is 15.0 Å². The first-order chi connectivity index (χ1) is 10.7. The Morgan fingerprint density at radius 3 is 2.77 bits per heavy atom. The minimum atomic E-state index is -0.923. The molecule has 4 aromatic rings. The minimum absolute atomic E-state index is 0.359. The minimum Gasteiger partial charge on any atom is -0.295 e. The van der Waals surface area contributed by atoms with Gasteiger partial charge >= 0.3 is 0 Å². The van der Waals surface area contributed by atoms with Gasteiger partial charge in [0.1, 0.15) is 11.4 Å². The standard InChI is InChI=1S/C15H8F2N4S/c16-11-5-10-13(6-12(11)17)19-8-20-14(10)22-15-18-7-9-3-1-2-4-21(9)15/h1-8H. The van der Waals surface area contributed by atoms with Crippen LogP contribution in [0.4, 0.5) is 8.78 Å². The van der Waals surface area contributed by atoms with E-state index in [9.17, 15) is 8.78 Å². The molecule has 0 aliphatic carbocycles. The van der Waals surface area contributed by atoms with Crippen LogP contribution in [-0.2, 0) is 0 Å². The smallest absolute Gasteiger partial charge is 0.179 e. The molecule has 7 heteroatoms. The van der Waals surface area contributed by atoms with Crippen molar-refractivity contribution >= 4 is 28.2 Å². The molecule has 0 fully saturated rings. The van der Waals surface area contributed by atoms with Crippen LogP contribution in [0, 0.1) is 11.6 Å². The molecule has 0 bridgehead atoms. The van der Waals surface area contributed by atoms with E-state index in [-0.39, 0.29) is 0 Å². The van der Waals surface area contributed by atoms with Gasteiger partial charge in [0.2, 0.25) is 0 Å². The second-order valence-corrected chi connectivity index (χ2v) is 5.56. The molecule has 3 aromatic heterocycles. The van der Waals surface area contributed by atoms with E-state index >= 15 is 0 Å². The van der Waals surface area contributed by atoms with Crippen molar-refractivity contribution in [1.29, 1.82) is 0 Å². The summed E-state index contributed by atoms with van der Waals surface area (Å²) in [4.78, 5) is 12.5. The first-order valence-electron chi connectivity index (χ1n) is 6.42. The highest BCUT2D eigenvalue weighted by Gasteiger charge is 2.13. The van der Waals surface area contributed by atoms with Gasteiger partial charge in [-0.05, 0) is 30.0 Å². The van der Waals surface area contributed by atoms with Crippen LogP contribution in [0.25, 0.3) is 16.4 Å². The van der Waals surface area contributed by atoms with Gasteiger partial charge in [0.15, 0.2) is 16.8 Å². The lowest BCUT2D eigenvalue weighted by Crippen LogP contribution is -1.93. The van der Waals surface area contributed by atoms with Crippen molar-refractivity contribution in [2.45, 2.75) is 10.2 Å². The summed E-state index contributed by atoms with van der Waals surface area (Å²) < 4.78 is 28.7. The predicted molar refractivity (Wildman–Crippen MR) is 78.8 cm³/mol. The van der Waals surface area contributed by atoms with Crippen LogP contribution >= 0.6 is 11.8 Å². The van der Waals surface area contributed by atoms with Crippen LogP contribution in [0.2, 0.25) is 0 Å². The summed E-state index contributed by atoms with van der Waals surface area (Å²) in [6.07, 6.45) is 4.96. The van der Waals surface area contributed by atoms with Crippen molar-refractivity contribution < 1.29 is 8.78 Å². The number of fused-ring (bicyclic) bond motifs is 2. The van der Waals surface area contributed by atoms with Crippen LogP contribution in [-0.4, -0.2) is 19.4 Å². The molecule has 1 aromatic carbocycles. The van der Waals surface area contributed by atoms with E-state index < -0.39 is 11.6 Å². The first-order valence-corrected chi connectivity index (χ1v) is 7.24. The molecule has 0 saturated carbocycles. The van der Waals surface area contributed by atoms with E-state index in [1.165, 1.54) is 18.1 Å². The molecular formula is C15H8F2N4S. The van der Waals surface area contributed by atoms with E-state index in [1.807, 2.05) is 28.8 Å². The summed E-state index contributed by atoms with van der Waals surface area (Å²) in [6.45, 7) is 0. The van der Waals surface area contributed by atoms with Gasteiger partial charge in [-0.25, -0.2) is 23.7 Å². The highest BCUT2D eigenvalue weighted by atomic mass is 32.2. The van der Waals surface area contributed by atoms with Crippen molar-refractivity contribution in [2.24, 2.45) is 0 Å². The fourth-order valence-corrected chi connectivity index (χ4v) is 3.11. The molecule has 0 unspecified atom stereocenters. The Hall–Kier alpha value is -2.54. The van der Waals surface area contributed by atoms with Crippen LogP contribution in [0.1, 0.15) is 0 Å². The predicted octanol–water partition coefficient (Wildman–Crippen LogP) is 3.71. The Balaban J connectivity index is 1.86. The van der Waals surface area contributed by atoms with E-state index in [1.54, 1.807) is 6.20 Å². The van der Waals surface area contributed by atoms with Gasteiger partial charge in [-0.15, -0.1) is 0 Å². The molecule has 0 amide bonds. The SMILES string of the molecule is Fc1cc2ncnc(Sc3ncc4ccccn34)c2cc1F. The fourth-order valence-electron chi connectivity index (χ4n) is 2.19. The van der Waals surface area contributed by atoms with Gasteiger partial charge in [0.05, 0.1) is 17.2 Å². The Kier molecular flexibility index (Phi) is 3.00. The van der Waals surface area contributed by atoms with Crippen LogP contribution in [0.15, 0.2) is 59.2 Å². The molecule has 4 rings (SSSR count). The zero-order valence-electron chi connectivity index (χ0n) is 11.1. The maximum absolute atomic E-state index is 13.5. The number of halogens is 2. The fraction of sp³-hybridized carbons (Fsp3) is 0. The third kappa shape index (κ3) is 2.10. The zero-order chi connectivity index (χ0) is 15.1. The maximum Gasteiger partial charge on any atom is 0.179 e. The topological polar surface area (TPSA) is 43.1 Å². The summed E-state index contributed by atoms with van der Waals surface area (Å²) >= 11 is 1.28. The number of aromatic nitrogens is 4. The third-order valence-electron chi connectivity index (χ3n) is 3.23. The monoisotopic (exact) mass is 314 g/mol. The molecule has 0 atom stereocenters. The first kappa shape index (κ1) is 13.1. The van der Waals surface area contributed by atoms with Gasteiger partial charge in [-0.2, -0.15) is 0 Å². The van der Waals surface area contributed by atoms with E-state index in [4.69, 9.17) is 0 Å².